The molecule has 0 atom stereocenters. The Hall–Kier alpha value is -2.55. The maximum Gasteiger partial charge on any atom is 0.116 e. The maximum atomic E-state index is 8.19. The Morgan fingerprint density at radius 3 is 1.94 bits per heavy atom. The van der Waals surface area contributed by atoms with E-state index in [1.165, 1.54) is 0 Å². The minimum absolute atomic E-state index is 0.471. The van der Waals surface area contributed by atoms with E-state index >= 15 is 0 Å². The van der Waals surface area contributed by atoms with Crippen LogP contribution in [0.1, 0.15) is 11.3 Å². The highest BCUT2D eigenvalue weighted by Crippen LogP contribution is 2.34. The van der Waals surface area contributed by atoms with E-state index in [0.717, 1.165) is 27.9 Å². The third-order valence-electron chi connectivity index (χ3n) is 3.26. The van der Waals surface area contributed by atoms with Crippen molar-refractivity contribution in [2.45, 2.75) is 0 Å². The summed E-state index contributed by atoms with van der Waals surface area (Å²) < 4.78 is 0. The van der Waals surface area contributed by atoms with Gasteiger partial charge in [0.05, 0.1) is 22.4 Å². The normalized spacial score (nSPS) is 12.6. The predicted molar refractivity (Wildman–Crippen MR) is 70.9 cm³/mol. The van der Waals surface area contributed by atoms with Crippen LogP contribution in [0.15, 0.2) is 48.5 Å². The molecule has 0 aliphatic heterocycles. The molecule has 1 aliphatic carbocycles. The number of aromatic nitrogens is 2. The van der Waals surface area contributed by atoms with Gasteiger partial charge in [0.25, 0.3) is 0 Å². The molecule has 2 aromatic carbocycles. The van der Waals surface area contributed by atoms with Gasteiger partial charge in [-0.3, -0.25) is 5.41 Å². The number of nitrogens with zero attached hydrogens (tertiary/aromatic N) is 2. The maximum absolute atomic E-state index is 8.19. The molecule has 0 saturated heterocycles. The molecule has 0 spiro atoms. The topological polar surface area (TPSA) is 49.6 Å². The highest BCUT2D eigenvalue weighted by molar-refractivity contribution is 6.21. The van der Waals surface area contributed by atoms with E-state index < -0.39 is 0 Å². The van der Waals surface area contributed by atoms with Crippen molar-refractivity contribution in [1.29, 1.82) is 5.41 Å². The Morgan fingerprint density at radius 2 is 1.22 bits per heavy atom. The number of nitrogens with one attached hydrogen (secondary N) is 1. The smallest absolute Gasteiger partial charge is 0.116 e. The van der Waals surface area contributed by atoms with Crippen LogP contribution in [0.3, 0.4) is 0 Å². The van der Waals surface area contributed by atoms with Gasteiger partial charge in [-0.1, -0.05) is 36.4 Å². The lowest BCUT2D eigenvalue weighted by Gasteiger charge is -2.01. The van der Waals surface area contributed by atoms with Crippen LogP contribution < -0.4 is 0 Å². The first-order valence-corrected chi connectivity index (χ1v) is 5.80. The molecular formula is C15H9N3. The van der Waals surface area contributed by atoms with Gasteiger partial charge in [0.2, 0.25) is 0 Å². The molecule has 1 aromatic heterocycles. The Balaban J connectivity index is 2.14. The van der Waals surface area contributed by atoms with Gasteiger partial charge < -0.3 is 0 Å². The van der Waals surface area contributed by atoms with Crippen LogP contribution >= 0.6 is 0 Å². The van der Waals surface area contributed by atoms with E-state index in [4.69, 9.17) is 5.41 Å². The zero-order valence-electron chi connectivity index (χ0n) is 9.51. The second-order valence-electron chi connectivity index (χ2n) is 4.33. The molecule has 18 heavy (non-hydrogen) atoms. The third-order valence-corrected chi connectivity index (χ3v) is 3.26. The molecule has 84 valence electrons. The number of fused-ring (bicyclic) bond motifs is 4. The molecule has 4 rings (SSSR count). The Morgan fingerprint density at radius 1 is 0.667 bits per heavy atom. The quantitative estimate of drug-likeness (QED) is 0.505. The van der Waals surface area contributed by atoms with Crippen molar-refractivity contribution in [3.63, 3.8) is 0 Å². The average Bonchev–Trinajstić information content (AvgIpc) is 2.71. The van der Waals surface area contributed by atoms with Crippen LogP contribution in [0.5, 0.6) is 0 Å². The first-order valence-electron chi connectivity index (χ1n) is 5.80. The molecule has 1 aliphatic rings. The van der Waals surface area contributed by atoms with Crippen molar-refractivity contribution in [2.75, 3.05) is 0 Å². The van der Waals surface area contributed by atoms with E-state index in [-0.39, 0.29) is 0 Å². The van der Waals surface area contributed by atoms with Crippen molar-refractivity contribution in [2.24, 2.45) is 0 Å². The number of hydrogen-bond donors (Lipinski definition) is 1. The highest BCUT2D eigenvalue weighted by Gasteiger charge is 2.26. The monoisotopic (exact) mass is 231 g/mol. The van der Waals surface area contributed by atoms with Crippen LogP contribution in [0.4, 0.5) is 0 Å². The molecule has 3 heteroatoms. The molecule has 0 fully saturated rings. The molecule has 0 unspecified atom stereocenters. The summed E-state index contributed by atoms with van der Waals surface area (Å²) in [6.45, 7) is 0. The van der Waals surface area contributed by atoms with E-state index in [1.807, 2.05) is 48.5 Å². The summed E-state index contributed by atoms with van der Waals surface area (Å²) in [6.07, 6.45) is 0. The predicted octanol–water partition coefficient (Wildman–Crippen LogP) is 3.03. The SMILES string of the molecule is N=C1c2ccccc2-c2nc3ccccc3nc21. The number of para-hydroxylation sites is 2. The van der Waals surface area contributed by atoms with E-state index in [0.29, 0.717) is 11.4 Å². The molecule has 3 nitrogen and oxygen atoms in total. The van der Waals surface area contributed by atoms with Crippen molar-refractivity contribution >= 4 is 16.7 Å². The van der Waals surface area contributed by atoms with Gasteiger partial charge in [-0.05, 0) is 12.1 Å². The number of rotatable bonds is 0. The molecule has 1 heterocycles. The van der Waals surface area contributed by atoms with Crippen molar-refractivity contribution in [3.05, 3.63) is 59.8 Å². The summed E-state index contributed by atoms with van der Waals surface area (Å²) in [7, 11) is 0. The fourth-order valence-electron chi connectivity index (χ4n) is 2.40. The Kier molecular flexibility index (Phi) is 1.70. The van der Waals surface area contributed by atoms with E-state index in [9.17, 15) is 0 Å². The fourth-order valence-corrected chi connectivity index (χ4v) is 2.40. The van der Waals surface area contributed by atoms with Crippen molar-refractivity contribution < 1.29 is 0 Å². The molecule has 0 saturated carbocycles. The Labute approximate surface area is 104 Å². The summed E-state index contributed by atoms with van der Waals surface area (Å²) in [4.78, 5) is 9.21. The van der Waals surface area contributed by atoms with Crippen LogP contribution in [0.25, 0.3) is 22.3 Å². The molecule has 0 amide bonds. The lowest BCUT2D eigenvalue weighted by Crippen LogP contribution is -1.99. The molecule has 0 bridgehead atoms. The first kappa shape index (κ1) is 9.48. The largest absolute Gasteiger partial charge is 0.298 e. The zero-order valence-corrected chi connectivity index (χ0v) is 9.51. The van der Waals surface area contributed by atoms with Gasteiger partial charge in [0.15, 0.2) is 0 Å². The summed E-state index contributed by atoms with van der Waals surface area (Å²) in [5.74, 6) is 0. The number of benzene rings is 2. The minimum Gasteiger partial charge on any atom is -0.298 e. The standard InChI is InChI=1S/C15H9N3/c16-13-9-5-1-2-6-10(9)14-15(13)18-12-8-4-3-7-11(12)17-14/h1-8,16H. The molecule has 3 aromatic rings. The third kappa shape index (κ3) is 1.10. The van der Waals surface area contributed by atoms with Gasteiger partial charge in [0, 0.05) is 11.1 Å². The first-order chi connectivity index (χ1) is 8.84. The second kappa shape index (κ2) is 3.23. The summed E-state index contributed by atoms with van der Waals surface area (Å²) in [5, 5.41) is 8.19. The Bertz CT molecular complexity index is 806. The van der Waals surface area contributed by atoms with Gasteiger partial charge >= 0.3 is 0 Å². The summed E-state index contributed by atoms with van der Waals surface area (Å²) >= 11 is 0. The average molecular weight is 231 g/mol. The van der Waals surface area contributed by atoms with Crippen LogP contribution in [-0.4, -0.2) is 15.7 Å². The molecule has 1 N–H and O–H groups in total. The number of hydrogen-bond acceptors (Lipinski definition) is 3. The van der Waals surface area contributed by atoms with Crippen molar-refractivity contribution in [3.8, 4) is 11.3 Å². The van der Waals surface area contributed by atoms with E-state index in [1.54, 1.807) is 0 Å². The van der Waals surface area contributed by atoms with Gasteiger partial charge in [-0.2, -0.15) is 0 Å². The minimum atomic E-state index is 0.471. The fraction of sp³-hybridized carbons (Fsp3) is 0. The molecule has 0 radical (unpaired) electrons. The van der Waals surface area contributed by atoms with Gasteiger partial charge in [0.1, 0.15) is 5.69 Å². The van der Waals surface area contributed by atoms with Gasteiger partial charge in [-0.25, -0.2) is 9.97 Å². The molecular weight excluding hydrogens is 222 g/mol. The lowest BCUT2D eigenvalue weighted by molar-refractivity contribution is 1.28. The van der Waals surface area contributed by atoms with Gasteiger partial charge in [-0.15, -0.1) is 0 Å². The summed E-state index contributed by atoms with van der Waals surface area (Å²) in [5.41, 5.74) is 5.64. The van der Waals surface area contributed by atoms with Crippen molar-refractivity contribution in [1.82, 2.24) is 9.97 Å². The van der Waals surface area contributed by atoms with E-state index in [2.05, 4.69) is 9.97 Å². The lowest BCUT2D eigenvalue weighted by atomic mass is 10.1. The zero-order chi connectivity index (χ0) is 12.1. The van der Waals surface area contributed by atoms with Crippen LogP contribution in [0.2, 0.25) is 0 Å². The highest BCUT2D eigenvalue weighted by atomic mass is 14.9. The summed E-state index contributed by atoms with van der Waals surface area (Å²) in [6, 6.07) is 15.6. The second-order valence-corrected chi connectivity index (χ2v) is 4.33. The van der Waals surface area contributed by atoms with Crippen LogP contribution in [-0.2, 0) is 0 Å². The van der Waals surface area contributed by atoms with Crippen LogP contribution in [0, 0.1) is 5.41 Å².